The molecular formula is C28H31F3N4O7. The van der Waals surface area contributed by atoms with Crippen LogP contribution in [0.2, 0.25) is 0 Å². The zero-order valence-electron chi connectivity index (χ0n) is 22.7. The Labute approximate surface area is 239 Å². The molecule has 14 heteroatoms. The number of aliphatic carboxylic acids is 2. The minimum absolute atomic E-state index is 0.0570. The van der Waals surface area contributed by atoms with Crippen LogP contribution in [0.3, 0.4) is 0 Å². The van der Waals surface area contributed by atoms with Gasteiger partial charge in [0, 0.05) is 63.4 Å². The summed E-state index contributed by atoms with van der Waals surface area (Å²) in [5.41, 5.74) is 6.93. The average molecular weight is 593 g/mol. The van der Waals surface area contributed by atoms with Crippen LogP contribution in [0.15, 0.2) is 48.6 Å². The molecule has 4 rings (SSSR count). The van der Waals surface area contributed by atoms with Gasteiger partial charge in [-0.05, 0) is 35.7 Å². The fraction of sp³-hybridized carbons (Fsp3) is 0.357. The lowest BCUT2D eigenvalue weighted by atomic mass is 10.0. The van der Waals surface area contributed by atoms with Crippen LogP contribution in [0.25, 0.3) is 0 Å². The quantitative estimate of drug-likeness (QED) is 0.296. The molecular weight excluding hydrogens is 561 g/mol. The third-order valence-electron chi connectivity index (χ3n) is 6.69. The van der Waals surface area contributed by atoms with E-state index in [2.05, 4.69) is 0 Å². The summed E-state index contributed by atoms with van der Waals surface area (Å²) in [6.07, 6.45) is 0.964. The van der Waals surface area contributed by atoms with Crippen LogP contribution in [0.1, 0.15) is 17.5 Å². The molecule has 4 N–H and O–H groups in total. The van der Waals surface area contributed by atoms with Crippen molar-refractivity contribution in [3.8, 4) is 5.75 Å². The lowest BCUT2D eigenvalue weighted by molar-refractivity contribution is -0.134. The number of carboxylic acid groups (broad SMARTS) is 2. The molecule has 0 saturated carbocycles. The maximum Gasteiger partial charge on any atom is 0.328 e. The molecule has 226 valence electrons. The molecule has 0 aromatic heterocycles. The van der Waals surface area contributed by atoms with Crippen molar-refractivity contribution >= 4 is 23.9 Å². The van der Waals surface area contributed by atoms with Crippen LogP contribution in [-0.4, -0.2) is 94.2 Å². The molecule has 2 aromatic rings. The first-order valence-corrected chi connectivity index (χ1v) is 12.9. The molecule has 3 amide bonds. The normalized spacial score (nSPS) is 17.0. The Morgan fingerprint density at radius 1 is 1.00 bits per heavy atom. The summed E-state index contributed by atoms with van der Waals surface area (Å²) in [7, 11) is 1.60. The molecule has 2 fully saturated rings. The van der Waals surface area contributed by atoms with E-state index in [9.17, 15) is 32.3 Å². The molecule has 2 atom stereocenters. The molecule has 0 bridgehead atoms. The number of hydrogen-bond donors (Lipinski definition) is 3. The Hall–Kier alpha value is -4.59. The number of piperazine rings is 1. The fourth-order valence-corrected chi connectivity index (χ4v) is 4.66. The largest absolute Gasteiger partial charge is 0.497 e. The molecule has 42 heavy (non-hydrogen) atoms. The highest BCUT2D eigenvalue weighted by atomic mass is 19.2. The van der Waals surface area contributed by atoms with Crippen LogP contribution in [-0.2, 0) is 27.3 Å². The maximum absolute atomic E-state index is 13.9. The van der Waals surface area contributed by atoms with E-state index in [0.717, 1.165) is 17.4 Å². The number of benzene rings is 2. The van der Waals surface area contributed by atoms with Crippen molar-refractivity contribution < 1.29 is 47.3 Å². The standard InChI is InChI=1S/C24H27F3N4O3.C4H4O4/c1-34-19-4-2-15(3-5-19)12-30-14-18-13-29(6-7-31(18)24(30)33)23(32)10-17(28)8-16-9-21(26)22(27)11-20(16)25;5-3(6)1-2-4(7)8/h2-5,9,11,17-18H,6-8,10,12-14,28H2,1H3;1-2H,(H,5,6)(H,7,8)/b;2-1+/t17-,18?;/m1./s1. The predicted octanol–water partition coefficient (Wildman–Crippen LogP) is 2.23. The first-order valence-electron chi connectivity index (χ1n) is 12.9. The molecule has 11 nitrogen and oxygen atoms in total. The minimum atomic E-state index is -1.27. The van der Waals surface area contributed by atoms with E-state index in [-0.39, 0.29) is 36.4 Å². The predicted molar refractivity (Wildman–Crippen MR) is 143 cm³/mol. The van der Waals surface area contributed by atoms with Gasteiger partial charge in [-0.1, -0.05) is 12.1 Å². The summed E-state index contributed by atoms with van der Waals surface area (Å²) in [4.78, 5) is 49.9. The molecule has 2 aromatic carbocycles. The number of methoxy groups -OCH3 is 1. The number of hydrogen-bond acceptors (Lipinski definition) is 6. The Bertz CT molecular complexity index is 1320. The van der Waals surface area contributed by atoms with Crippen molar-refractivity contribution in [2.24, 2.45) is 5.73 Å². The zero-order chi connectivity index (χ0) is 31.0. The van der Waals surface area contributed by atoms with Crippen molar-refractivity contribution in [3.05, 3.63) is 77.1 Å². The smallest absolute Gasteiger partial charge is 0.328 e. The van der Waals surface area contributed by atoms with Gasteiger partial charge in [0.05, 0.1) is 13.2 Å². The van der Waals surface area contributed by atoms with E-state index < -0.39 is 35.4 Å². The molecule has 1 unspecified atom stereocenters. The van der Waals surface area contributed by atoms with Gasteiger partial charge in [0.15, 0.2) is 11.6 Å². The Morgan fingerprint density at radius 2 is 1.62 bits per heavy atom. The fourth-order valence-electron chi connectivity index (χ4n) is 4.66. The third-order valence-corrected chi connectivity index (χ3v) is 6.69. The van der Waals surface area contributed by atoms with Crippen LogP contribution in [0.4, 0.5) is 18.0 Å². The van der Waals surface area contributed by atoms with Crippen molar-refractivity contribution in [1.82, 2.24) is 14.7 Å². The van der Waals surface area contributed by atoms with Crippen molar-refractivity contribution in [1.29, 1.82) is 0 Å². The highest BCUT2D eigenvalue weighted by Crippen LogP contribution is 2.24. The van der Waals surface area contributed by atoms with Gasteiger partial charge in [0.25, 0.3) is 0 Å². The molecule has 0 spiro atoms. The second-order valence-electron chi connectivity index (χ2n) is 9.73. The van der Waals surface area contributed by atoms with E-state index in [4.69, 9.17) is 20.7 Å². The SMILES string of the molecule is COc1ccc(CN2CC3CN(C(=O)C[C@H](N)Cc4cc(F)c(F)cc4F)CCN3C2=O)cc1.O=C(O)/C=C/C(=O)O. The number of ether oxygens (including phenoxy) is 1. The molecule has 2 heterocycles. The maximum atomic E-state index is 13.9. The molecule has 0 aliphatic carbocycles. The highest BCUT2D eigenvalue weighted by Gasteiger charge is 2.41. The van der Waals surface area contributed by atoms with E-state index >= 15 is 0 Å². The van der Waals surface area contributed by atoms with Gasteiger partial charge in [-0.2, -0.15) is 0 Å². The number of halogens is 3. The summed E-state index contributed by atoms with van der Waals surface area (Å²) in [6.45, 7) is 2.15. The lowest BCUT2D eigenvalue weighted by Gasteiger charge is -2.36. The molecule has 0 radical (unpaired) electrons. The number of nitrogens with two attached hydrogens (primary N) is 1. The number of carbonyl (C=O) groups is 4. The van der Waals surface area contributed by atoms with E-state index in [0.29, 0.717) is 50.9 Å². The second-order valence-corrected chi connectivity index (χ2v) is 9.73. The Balaban J connectivity index is 0.000000531. The van der Waals surface area contributed by atoms with Crippen molar-refractivity contribution in [3.63, 3.8) is 0 Å². The van der Waals surface area contributed by atoms with Crippen LogP contribution >= 0.6 is 0 Å². The van der Waals surface area contributed by atoms with Crippen LogP contribution in [0, 0.1) is 17.5 Å². The van der Waals surface area contributed by atoms with E-state index in [1.54, 1.807) is 21.8 Å². The number of fused-ring (bicyclic) bond motifs is 1. The molecule has 2 saturated heterocycles. The number of nitrogens with zero attached hydrogens (tertiary/aromatic N) is 3. The van der Waals surface area contributed by atoms with E-state index in [1.165, 1.54) is 0 Å². The zero-order valence-corrected chi connectivity index (χ0v) is 22.7. The lowest BCUT2D eigenvalue weighted by Crippen LogP contribution is -2.54. The topological polar surface area (TPSA) is 154 Å². The molecule has 2 aliphatic heterocycles. The second kappa shape index (κ2) is 14.3. The van der Waals surface area contributed by atoms with Gasteiger partial charge in [-0.15, -0.1) is 0 Å². The minimum Gasteiger partial charge on any atom is -0.497 e. The van der Waals surface area contributed by atoms with Crippen molar-refractivity contribution in [2.75, 3.05) is 33.3 Å². The third kappa shape index (κ3) is 8.70. The highest BCUT2D eigenvalue weighted by molar-refractivity contribution is 5.89. The van der Waals surface area contributed by atoms with Gasteiger partial charge in [0.2, 0.25) is 5.91 Å². The number of carbonyl (C=O) groups excluding carboxylic acids is 2. The van der Waals surface area contributed by atoms with Crippen LogP contribution in [0.5, 0.6) is 5.75 Å². The Morgan fingerprint density at radius 3 is 2.21 bits per heavy atom. The number of urea groups is 1. The van der Waals surface area contributed by atoms with Gasteiger partial charge >= 0.3 is 18.0 Å². The number of carboxylic acids is 2. The summed E-state index contributed by atoms with van der Waals surface area (Å²) in [5.74, 6) is -5.30. The van der Waals surface area contributed by atoms with E-state index in [1.807, 2.05) is 24.3 Å². The Kier molecular flexibility index (Phi) is 10.9. The average Bonchev–Trinajstić information content (AvgIpc) is 3.25. The van der Waals surface area contributed by atoms with Gasteiger partial charge in [-0.25, -0.2) is 27.6 Å². The first kappa shape index (κ1) is 31.9. The first-order chi connectivity index (χ1) is 19.9. The van der Waals surface area contributed by atoms with Gasteiger partial charge in [0.1, 0.15) is 11.6 Å². The number of rotatable bonds is 9. The summed E-state index contributed by atoms with van der Waals surface area (Å²) >= 11 is 0. The number of amides is 3. The summed E-state index contributed by atoms with van der Waals surface area (Å²) in [5, 5.41) is 15.6. The molecule has 2 aliphatic rings. The monoisotopic (exact) mass is 592 g/mol. The van der Waals surface area contributed by atoms with Crippen LogP contribution < -0.4 is 10.5 Å². The van der Waals surface area contributed by atoms with Gasteiger partial charge in [-0.3, -0.25) is 4.79 Å². The summed E-state index contributed by atoms with van der Waals surface area (Å²) < 4.78 is 45.6. The summed E-state index contributed by atoms with van der Waals surface area (Å²) in [6, 6.07) is 7.84. The van der Waals surface area contributed by atoms with Crippen molar-refractivity contribution in [2.45, 2.75) is 31.5 Å². The van der Waals surface area contributed by atoms with Gasteiger partial charge < -0.3 is 35.4 Å².